The van der Waals surface area contributed by atoms with E-state index in [0.29, 0.717) is 23.4 Å². The largest absolute Gasteiger partial charge is 0.355 e. The van der Waals surface area contributed by atoms with Gasteiger partial charge in [-0.25, -0.2) is 0 Å². The standard InChI is InChI=1S/C18H28N4OS.HI/c1-14-6-4-7-15(12-14)16(23)20-9-10-21-17(19-3)22-13-18(2)8-5-11-24-18;/h4,6-7,12H,5,8-11,13H2,1-3H3,(H,20,23)(H2,19,21,22);1H. The van der Waals surface area contributed by atoms with Gasteiger partial charge in [-0.3, -0.25) is 9.79 Å². The number of thioether (sulfide) groups is 1. The van der Waals surface area contributed by atoms with Crippen molar-refractivity contribution in [3.63, 3.8) is 0 Å². The van der Waals surface area contributed by atoms with E-state index < -0.39 is 0 Å². The van der Waals surface area contributed by atoms with E-state index in [1.165, 1.54) is 18.6 Å². The smallest absolute Gasteiger partial charge is 0.251 e. The number of rotatable bonds is 6. The summed E-state index contributed by atoms with van der Waals surface area (Å²) in [7, 11) is 1.77. The van der Waals surface area contributed by atoms with Crippen molar-refractivity contribution in [2.45, 2.75) is 31.4 Å². The zero-order valence-electron chi connectivity index (χ0n) is 15.2. The highest BCUT2D eigenvalue weighted by atomic mass is 127. The summed E-state index contributed by atoms with van der Waals surface area (Å²) in [4.78, 5) is 16.3. The molecule has 1 saturated heterocycles. The number of halogens is 1. The molecule has 1 aromatic rings. The van der Waals surface area contributed by atoms with Gasteiger partial charge in [0.15, 0.2) is 5.96 Å². The average molecular weight is 476 g/mol. The molecule has 0 radical (unpaired) electrons. The van der Waals surface area contributed by atoms with Crippen molar-refractivity contribution < 1.29 is 4.79 Å². The zero-order chi connectivity index (χ0) is 17.4. The van der Waals surface area contributed by atoms with Crippen molar-refractivity contribution >= 4 is 47.6 Å². The van der Waals surface area contributed by atoms with Gasteiger partial charge in [-0.2, -0.15) is 11.8 Å². The quantitative estimate of drug-likeness (QED) is 0.256. The Balaban J connectivity index is 0.00000312. The van der Waals surface area contributed by atoms with Gasteiger partial charge in [0.2, 0.25) is 0 Å². The van der Waals surface area contributed by atoms with E-state index in [9.17, 15) is 4.79 Å². The fraction of sp³-hybridized carbons (Fsp3) is 0.556. The first-order valence-corrected chi connectivity index (χ1v) is 9.44. The molecule has 0 bridgehead atoms. The summed E-state index contributed by atoms with van der Waals surface area (Å²) in [6, 6.07) is 7.60. The van der Waals surface area contributed by atoms with Crippen LogP contribution in [0, 0.1) is 6.92 Å². The summed E-state index contributed by atoms with van der Waals surface area (Å²) >= 11 is 2.03. The monoisotopic (exact) mass is 476 g/mol. The second kappa shape index (κ2) is 10.9. The first-order chi connectivity index (χ1) is 11.5. The predicted molar refractivity (Wildman–Crippen MR) is 118 cm³/mol. The van der Waals surface area contributed by atoms with Crippen molar-refractivity contribution in [2.24, 2.45) is 4.99 Å². The highest BCUT2D eigenvalue weighted by Gasteiger charge is 2.29. The molecule has 0 aliphatic carbocycles. The van der Waals surface area contributed by atoms with Gasteiger partial charge in [-0.1, -0.05) is 17.7 Å². The number of benzene rings is 1. The van der Waals surface area contributed by atoms with E-state index in [0.717, 1.165) is 18.1 Å². The molecule has 2 rings (SSSR count). The Bertz CT molecular complexity index is 588. The minimum absolute atomic E-state index is 0. The first-order valence-electron chi connectivity index (χ1n) is 8.46. The van der Waals surface area contributed by atoms with Gasteiger partial charge in [0.05, 0.1) is 0 Å². The van der Waals surface area contributed by atoms with Gasteiger partial charge < -0.3 is 16.0 Å². The lowest BCUT2D eigenvalue weighted by Gasteiger charge is -2.24. The molecule has 1 fully saturated rings. The normalized spacial score (nSPS) is 19.9. The molecule has 25 heavy (non-hydrogen) atoms. The van der Waals surface area contributed by atoms with Gasteiger partial charge in [-0.15, -0.1) is 24.0 Å². The summed E-state index contributed by atoms with van der Waals surface area (Å²) in [5, 5.41) is 9.55. The molecule has 1 aromatic carbocycles. The number of carbonyl (C=O) groups is 1. The molecule has 0 saturated carbocycles. The number of nitrogens with one attached hydrogen (secondary N) is 3. The predicted octanol–water partition coefficient (Wildman–Crippen LogP) is 2.79. The van der Waals surface area contributed by atoms with Crippen LogP contribution in [0.2, 0.25) is 0 Å². The van der Waals surface area contributed by atoms with E-state index in [1.54, 1.807) is 7.05 Å². The number of nitrogens with zero attached hydrogens (tertiary/aromatic N) is 1. The van der Waals surface area contributed by atoms with Gasteiger partial charge in [-0.05, 0) is 44.6 Å². The number of aliphatic imine (C=N–C) groups is 1. The minimum atomic E-state index is -0.0432. The van der Waals surface area contributed by atoms with Crippen LogP contribution in [0.5, 0.6) is 0 Å². The van der Waals surface area contributed by atoms with Gasteiger partial charge in [0, 0.05) is 37.0 Å². The van der Waals surface area contributed by atoms with Crippen LogP contribution in [0.15, 0.2) is 29.3 Å². The van der Waals surface area contributed by atoms with Crippen molar-refractivity contribution in [1.82, 2.24) is 16.0 Å². The molecule has 0 aromatic heterocycles. The van der Waals surface area contributed by atoms with Crippen LogP contribution in [0.1, 0.15) is 35.7 Å². The third-order valence-corrected chi connectivity index (χ3v) is 5.68. The van der Waals surface area contributed by atoms with E-state index in [4.69, 9.17) is 0 Å². The zero-order valence-corrected chi connectivity index (χ0v) is 18.4. The molecular weight excluding hydrogens is 447 g/mol. The molecule has 1 aliphatic heterocycles. The molecular formula is C18H29IN4OS. The number of guanidine groups is 1. The van der Waals surface area contributed by atoms with Gasteiger partial charge in [0.25, 0.3) is 5.91 Å². The molecule has 3 N–H and O–H groups in total. The van der Waals surface area contributed by atoms with Crippen LogP contribution in [-0.2, 0) is 0 Å². The van der Waals surface area contributed by atoms with Crippen molar-refractivity contribution in [2.75, 3.05) is 32.4 Å². The lowest BCUT2D eigenvalue weighted by atomic mass is 10.1. The minimum Gasteiger partial charge on any atom is -0.355 e. The molecule has 1 aliphatic rings. The Labute approximate surface area is 172 Å². The maximum absolute atomic E-state index is 12.1. The molecule has 1 atom stereocenters. The number of carbonyl (C=O) groups excluding carboxylic acids is 1. The van der Waals surface area contributed by atoms with Crippen LogP contribution >= 0.6 is 35.7 Å². The van der Waals surface area contributed by atoms with Crippen LogP contribution < -0.4 is 16.0 Å². The second-order valence-electron chi connectivity index (χ2n) is 6.38. The molecule has 1 amide bonds. The van der Waals surface area contributed by atoms with Crippen molar-refractivity contribution in [3.8, 4) is 0 Å². The maximum Gasteiger partial charge on any atom is 0.251 e. The molecule has 1 unspecified atom stereocenters. The Hall–Kier alpha value is -0.960. The van der Waals surface area contributed by atoms with E-state index in [-0.39, 0.29) is 29.9 Å². The van der Waals surface area contributed by atoms with E-state index >= 15 is 0 Å². The lowest BCUT2D eigenvalue weighted by Crippen LogP contribution is -2.45. The third-order valence-electron chi connectivity index (χ3n) is 4.14. The molecule has 5 nitrogen and oxygen atoms in total. The highest BCUT2D eigenvalue weighted by Crippen LogP contribution is 2.36. The maximum atomic E-state index is 12.1. The number of hydrogen-bond donors (Lipinski definition) is 3. The Morgan fingerprint density at radius 3 is 2.68 bits per heavy atom. The first kappa shape index (κ1) is 22.1. The summed E-state index contributed by atoms with van der Waals surface area (Å²) in [6.07, 6.45) is 2.54. The van der Waals surface area contributed by atoms with E-state index in [2.05, 4.69) is 27.9 Å². The third kappa shape index (κ3) is 7.43. The summed E-state index contributed by atoms with van der Waals surface area (Å²) in [6.45, 7) is 6.39. The Kier molecular flexibility index (Phi) is 9.63. The van der Waals surface area contributed by atoms with Crippen LogP contribution in [0.4, 0.5) is 0 Å². The SMILES string of the molecule is CN=C(NCCNC(=O)c1cccc(C)c1)NCC1(C)CCCS1.I. The van der Waals surface area contributed by atoms with Gasteiger partial charge in [0.1, 0.15) is 0 Å². The number of hydrogen-bond acceptors (Lipinski definition) is 3. The number of amides is 1. The van der Waals surface area contributed by atoms with Crippen LogP contribution in [0.3, 0.4) is 0 Å². The molecule has 1 heterocycles. The fourth-order valence-electron chi connectivity index (χ4n) is 2.71. The highest BCUT2D eigenvalue weighted by molar-refractivity contribution is 14.0. The topological polar surface area (TPSA) is 65.5 Å². The second-order valence-corrected chi connectivity index (χ2v) is 8.06. The fourth-order valence-corrected chi connectivity index (χ4v) is 3.96. The average Bonchev–Trinajstić information content (AvgIpc) is 3.01. The summed E-state index contributed by atoms with van der Waals surface area (Å²) < 4.78 is 0.303. The Morgan fingerprint density at radius 1 is 1.28 bits per heavy atom. The molecule has 7 heteroatoms. The summed E-state index contributed by atoms with van der Waals surface area (Å²) in [5.74, 6) is 1.99. The van der Waals surface area contributed by atoms with Crippen molar-refractivity contribution in [1.29, 1.82) is 0 Å². The van der Waals surface area contributed by atoms with Crippen molar-refractivity contribution in [3.05, 3.63) is 35.4 Å². The molecule has 0 spiro atoms. The van der Waals surface area contributed by atoms with E-state index in [1.807, 2.05) is 43.0 Å². The molecule has 140 valence electrons. The van der Waals surface area contributed by atoms with Crippen LogP contribution in [-0.4, -0.2) is 49.0 Å². The van der Waals surface area contributed by atoms with Crippen LogP contribution in [0.25, 0.3) is 0 Å². The summed E-state index contributed by atoms with van der Waals surface area (Å²) in [5.41, 5.74) is 1.78. The van der Waals surface area contributed by atoms with Gasteiger partial charge >= 0.3 is 0 Å². The Morgan fingerprint density at radius 2 is 2.04 bits per heavy atom. The number of aryl methyl sites for hydroxylation is 1. The lowest BCUT2D eigenvalue weighted by molar-refractivity contribution is 0.0954.